The molecule has 2 heterocycles. The van der Waals surface area contributed by atoms with Crippen LogP contribution in [0.1, 0.15) is 44.1 Å². The van der Waals surface area contributed by atoms with Crippen molar-refractivity contribution in [2.45, 2.75) is 38.5 Å². The summed E-state index contributed by atoms with van der Waals surface area (Å²) in [5, 5.41) is 3.68. The lowest BCUT2D eigenvalue weighted by molar-refractivity contribution is 0.206. The van der Waals surface area contributed by atoms with Gasteiger partial charge in [0.15, 0.2) is 5.96 Å². The summed E-state index contributed by atoms with van der Waals surface area (Å²) in [6.07, 6.45) is 5.04. The van der Waals surface area contributed by atoms with Crippen LogP contribution in [0.2, 0.25) is 0 Å². The predicted molar refractivity (Wildman–Crippen MR) is 111 cm³/mol. The van der Waals surface area contributed by atoms with E-state index in [1.54, 1.807) is 0 Å². The van der Waals surface area contributed by atoms with Crippen LogP contribution in [0.5, 0.6) is 0 Å². The Labute approximate surface area is 159 Å². The Morgan fingerprint density at radius 2 is 1.85 bits per heavy atom. The quantitative estimate of drug-likeness (QED) is 0.662. The zero-order valence-electron chi connectivity index (χ0n) is 16.8. The lowest BCUT2D eigenvalue weighted by Crippen LogP contribution is -2.49. The fourth-order valence-corrected chi connectivity index (χ4v) is 4.61. The minimum atomic E-state index is 0.685. The first-order chi connectivity index (χ1) is 12.7. The Hall–Kier alpha value is -1.55. The van der Waals surface area contributed by atoms with E-state index >= 15 is 0 Å². The monoisotopic (exact) mass is 356 g/mol. The van der Waals surface area contributed by atoms with Gasteiger partial charge in [-0.2, -0.15) is 0 Å². The van der Waals surface area contributed by atoms with Gasteiger partial charge in [-0.05, 0) is 62.7 Å². The van der Waals surface area contributed by atoms with Gasteiger partial charge in [0, 0.05) is 26.7 Å². The topological polar surface area (TPSA) is 30.9 Å². The third-order valence-corrected chi connectivity index (χ3v) is 6.38. The Kier molecular flexibility index (Phi) is 6.95. The van der Waals surface area contributed by atoms with E-state index in [0.29, 0.717) is 11.8 Å². The predicted octanol–water partition coefficient (Wildman–Crippen LogP) is 3.42. The van der Waals surface area contributed by atoms with Gasteiger partial charge in [-0.1, -0.05) is 43.7 Å². The van der Waals surface area contributed by atoms with Crippen molar-refractivity contribution in [1.82, 2.24) is 15.1 Å². The van der Waals surface area contributed by atoms with E-state index in [2.05, 4.69) is 64.4 Å². The Morgan fingerprint density at radius 1 is 1.12 bits per heavy atom. The van der Waals surface area contributed by atoms with Crippen LogP contribution in [0.25, 0.3) is 0 Å². The van der Waals surface area contributed by atoms with Gasteiger partial charge in [0.05, 0.1) is 0 Å². The highest BCUT2D eigenvalue weighted by Crippen LogP contribution is 2.34. The lowest BCUT2D eigenvalue weighted by atomic mass is 9.79. The van der Waals surface area contributed by atoms with Crippen molar-refractivity contribution in [3.8, 4) is 0 Å². The van der Waals surface area contributed by atoms with Crippen molar-refractivity contribution in [3.05, 3.63) is 35.9 Å². The maximum absolute atomic E-state index is 4.60. The van der Waals surface area contributed by atoms with E-state index < -0.39 is 0 Å². The first kappa shape index (κ1) is 19.2. The molecule has 4 heteroatoms. The average molecular weight is 357 g/mol. The van der Waals surface area contributed by atoms with Gasteiger partial charge >= 0.3 is 0 Å². The van der Waals surface area contributed by atoms with Gasteiger partial charge in [-0.15, -0.1) is 0 Å². The van der Waals surface area contributed by atoms with Crippen molar-refractivity contribution in [2.24, 2.45) is 16.8 Å². The molecule has 4 nitrogen and oxygen atoms in total. The molecule has 3 rings (SSSR count). The molecule has 2 unspecified atom stereocenters. The molecule has 1 aromatic rings. The summed E-state index contributed by atoms with van der Waals surface area (Å²) < 4.78 is 0. The molecule has 2 saturated heterocycles. The fraction of sp³-hybridized carbons (Fsp3) is 0.682. The Balaban J connectivity index is 1.55. The molecular weight excluding hydrogens is 320 g/mol. The maximum Gasteiger partial charge on any atom is 0.193 e. The van der Waals surface area contributed by atoms with E-state index in [1.165, 1.54) is 44.3 Å². The fourth-order valence-electron chi connectivity index (χ4n) is 4.61. The second-order valence-corrected chi connectivity index (χ2v) is 8.09. The van der Waals surface area contributed by atoms with Gasteiger partial charge in [0.25, 0.3) is 0 Å². The molecule has 0 amide bonds. The summed E-state index contributed by atoms with van der Waals surface area (Å²) in [7, 11) is 4.16. The van der Waals surface area contributed by atoms with Crippen LogP contribution in [0.3, 0.4) is 0 Å². The molecule has 0 aromatic heterocycles. The number of hydrogen-bond donors (Lipinski definition) is 1. The molecule has 1 aromatic carbocycles. The van der Waals surface area contributed by atoms with Crippen LogP contribution >= 0.6 is 0 Å². The number of nitrogens with zero attached hydrogens (tertiary/aromatic N) is 3. The Bertz CT molecular complexity index is 563. The lowest BCUT2D eigenvalue weighted by Gasteiger charge is -2.40. The molecule has 2 atom stereocenters. The van der Waals surface area contributed by atoms with Crippen LogP contribution in [-0.4, -0.2) is 62.6 Å². The third kappa shape index (κ3) is 4.79. The number of guanidine groups is 1. The van der Waals surface area contributed by atoms with Gasteiger partial charge in [-0.25, -0.2) is 0 Å². The van der Waals surface area contributed by atoms with Gasteiger partial charge < -0.3 is 15.1 Å². The summed E-state index contributed by atoms with van der Waals surface area (Å²) in [4.78, 5) is 9.52. The SMILES string of the molecule is CCC1CN(C(=NC)NCC2CCN(C)CC2)CCC1c1ccccc1. The molecule has 0 saturated carbocycles. The van der Waals surface area contributed by atoms with E-state index in [9.17, 15) is 0 Å². The van der Waals surface area contributed by atoms with Gasteiger partial charge in [0.2, 0.25) is 0 Å². The molecule has 2 fully saturated rings. The highest BCUT2D eigenvalue weighted by atomic mass is 15.3. The molecule has 26 heavy (non-hydrogen) atoms. The van der Waals surface area contributed by atoms with Gasteiger partial charge in [-0.3, -0.25) is 4.99 Å². The van der Waals surface area contributed by atoms with E-state index in [0.717, 1.165) is 31.5 Å². The number of rotatable bonds is 4. The van der Waals surface area contributed by atoms with Crippen LogP contribution < -0.4 is 5.32 Å². The van der Waals surface area contributed by atoms with E-state index in [1.807, 2.05) is 7.05 Å². The normalized spacial score (nSPS) is 26.1. The average Bonchev–Trinajstić information content (AvgIpc) is 2.70. The summed E-state index contributed by atoms with van der Waals surface area (Å²) in [5.41, 5.74) is 1.51. The van der Waals surface area contributed by atoms with Crippen LogP contribution in [-0.2, 0) is 0 Å². The minimum Gasteiger partial charge on any atom is -0.356 e. The molecule has 0 radical (unpaired) electrons. The van der Waals surface area contributed by atoms with Crippen molar-refractivity contribution in [3.63, 3.8) is 0 Å². The standard InChI is InChI=1S/C22H36N4/c1-4-19-17-26(15-12-21(19)20-8-6-5-7-9-20)22(23-2)24-16-18-10-13-25(3)14-11-18/h5-9,18-19,21H,4,10-17H2,1-3H3,(H,23,24). The summed E-state index contributed by atoms with van der Waals surface area (Å²) in [5.74, 6) is 3.28. The molecule has 1 N–H and O–H groups in total. The number of piperidine rings is 2. The number of hydrogen-bond acceptors (Lipinski definition) is 2. The maximum atomic E-state index is 4.60. The second kappa shape index (κ2) is 9.40. The second-order valence-electron chi connectivity index (χ2n) is 8.09. The summed E-state index contributed by atoms with van der Waals surface area (Å²) >= 11 is 0. The molecule has 0 spiro atoms. The van der Waals surface area contributed by atoms with E-state index in [4.69, 9.17) is 0 Å². The van der Waals surface area contributed by atoms with Crippen molar-refractivity contribution >= 4 is 5.96 Å². The number of benzene rings is 1. The molecular formula is C22H36N4. The third-order valence-electron chi connectivity index (χ3n) is 6.38. The van der Waals surface area contributed by atoms with Crippen molar-refractivity contribution < 1.29 is 0 Å². The largest absolute Gasteiger partial charge is 0.356 e. The Morgan fingerprint density at radius 3 is 2.50 bits per heavy atom. The molecule has 2 aliphatic heterocycles. The van der Waals surface area contributed by atoms with Gasteiger partial charge in [0.1, 0.15) is 0 Å². The molecule has 2 aliphatic rings. The first-order valence-electron chi connectivity index (χ1n) is 10.4. The molecule has 144 valence electrons. The number of nitrogens with one attached hydrogen (secondary N) is 1. The summed E-state index contributed by atoms with van der Waals surface area (Å²) in [6, 6.07) is 11.1. The number of aliphatic imine (C=N–C) groups is 1. The molecule has 0 aliphatic carbocycles. The minimum absolute atomic E-state index is 0.685. The zero-order valence-corrected chi connectivity index (χ0v) is 16.8. The zero-order chi connectivity index (χ0) is 18.4. The highest BCUT2D eigenvalue weighted by Gasteiger charge is 2.30. The van der Waals surface area contributed by atoms with Crippen molar-refractivity contribution in [2.75, 3.05) is 46.8 Å². The van der Waals surface area contributed by atoms with Crippen LogP contribution in [0.15, 0.2) is 35.3 Å². The summed E-state index contributed by atoms with van der Waals surface area (Å²) in [6.45, 7) is 8.07. The molecule has 0 bridgehead atoms. The van der Waals surface area contributed by atoms with Crippen LogP contribution in [0.4, 0.5) is 0 Å². The number of likely N-dealkylation sites (tertiary alicyclic amines) is 2. The smallest absolute Gasteiger partial charge is 0.193 e. The van der Waals surface area contributed by atoms with Crippen molar-refractivity contribution in [1.29, 1.82) is 0 Å². The van der Waals surface area contributed by atoms with E-state index in [-0.39, 0.29) is 0 Å². The van der Waals surface area contributed by atoms with Crippen LogP contribution in [0, 0.1) is 11.8 Å². The first-order valence-corrected chi connectivity index (χ1v) is 10.4. The highest BCUT2D eigenvalue weighted by molar-refractivity contribution is 5.80.